The first-order valence-electron chi connectivity index (χ1n) is 5.82. The number of nitrogens with zero attached hydrogens (tertiary/aromatic N) is 1. The lowest BCUT2D eigenvalue weighted by Crippen LogP contribution is -2.22. The SMILES string of the molecule is O=C(NCc1nccs1)c1ccc2c(c1)CNC2. The molecule has 4 nitrogen and oxygen atoms in total. The molecule has 1 aromatic heterocycles. The molecule has 18 heavy (non-hydrogen) atoms. The van der Waals surface area contributed by atoms with E-state index in [2.05, 4.69) is 15.6 Å². The van der Waals surface area contributed by atoms with Crippen LogP contribution in [0.2, 0.25) is 0 Å². The van der Waals surface area contributed by atoms with Gasteiger partial charge in [0.25, 0.3) is 5.91 Å². The number of rotatable bonds is 3. The van der Waals surface area contributed by atoms with E-state index in [1.807, 2.05) is 23.6 Å². The number of benzene rings is 1. The van der Waals surface area contributed by atoms with Gasteiger partial charge in [0.15, 0.2) is 0 Å². The van der Waals surface area contributed by atoms with Crippen LogP contribution < -0.4 is 10.6 Å². The predicted molar refractivity (Wildman–Crippen MR) is 70.3 cm³/mol. The molecule has 92 valence electrons. The van der Waals surface area contributed by atoms with Gasteiger partial charge in [0.2, 0.25) is 0 Å². The van der Waals surface area contributed by atoms with Gasteiger partial charge in [0.1, 0.15) is 5.01 Å². The number of hydrogen-bond acceptors (Lipinski definition) is 4. The van der Waals surface area contributed by atoms with Gasteiger partial charge >= 0.3 is 0 Å². The molecule has 0 atom stereocenters. The maximum absolute atomic E-state index is 12.0. The van der Waals surface area contributed by atoms with Crippen LogP contribution in [-0.4, -0.2) is 10.9 Å². The first-order chi connectivity index (χ1) is 8.83. The normalized spacial score (nSPS) is 13.3. The minimum absolute atomic E-state index is 0.0418. The highest BCUT2D eigenvalue weighted by Crippen LogP contribution is 2.17. The van der Waals surface area contributed by atoms with Crippen LogP contribution in [-0.2, 0) is 19.6 Å². The summed E-state index contributed by atoms with van der Waals surface area (Å²) in [6, 6.07) is 5.86. The molecule has 2 heterocycles. The lowest BCUT2D eigenvalue weighted by molar-refractivity contribution is 0.0951. The average molecular weight is 259 g/mol. The first kappa shape index (κ1) is 11.4. The highest BCUT2D eigenvalue weighted by atomic mass is 32.1. The van der Waals surface area contributed by atoms with E-state index in [1.165, 1.54) is 11.1 Å². The molecule has 0 radical (unpaired) electrons. The molecule has 1 amide bonds. The van der Waals surface area contributed by atoms with Gasteiger partial charge in [0.05, 0.1) is 6.54 Å². The summed E-state index contributed by atoms with van der Waals surface area (Å²) in [5.74, 6) is -0.0418. The van der Waals surface area contributed by atoms with Gasteiger partial charge < -0.3 is 10.6 Å². The van der Waals surface area contributed by atoms with Crippen LogP contribution in [0.15, 0.2) is 29.8 Å². The number of carbonyl (C=O) groups is 1. The summed E-state index contributed by atoms with van der Waals surface area (Å²) >= 11 is 1.54. The van der Waals surface area contributed by atoms with E-state index in [1.54, 1.807) is 17.5 Å². The molecular weight excluding hydrogens is 246 g/mol. The van der Waals surface area contributed by atoms with Gasteiger partial charge in [-0.2, -0.15) is 0 Å². The highest BCUT2D eigenvalue weighted by Gasteiger charge is 2.13. The van der Waals surface area contributed by atoms with Crippen molar-refractivity contribution in [1.82, 2.24) is 15.6 Å². The number of fused-ring (bicyclic) bond motifs is 1. The van der Waals surface area contributed by atoms with E-state index in [9.17, 15) is 4.79 Å². The Labute approximate surface area is 109 Å². The van der Waals surface area contributed by atoms with E-state index in [0.29, 0.717) is 12.1 Å². The zero-order chi connectivity index (χ0) is 12.4. The van der Waals surface area contributed by atoms with Crippen LogP contribution in [0.5, 0.6) is 0 Å². The second-order valence-electron chi connectivity index (χ2n) is 4.20. The van der Waals surface area contributed by atoms with E-state index < -0.39 is 0 Å². The van der Waals surface area contributed by atoms with Crippen LogP contribution in [0, 0.1) is 0 Å². The predicted octanol–water partition coefficient (Wildman–Crippen LogP) is 1.68. The number of hydrogen-bond donors (Lipinski definition) is 2. The maximum Gasteiger partial charge on any atom is 0.251 e. The lowest BCUT2D eigenvalue weighted by atomic mass is 10.1. The molecule has 0 fully saturated rings. The second-order valence-corrected chi connectivity index (χ2v) is 5.17. The Balaban J connectivity index is 1.69. The first-order valence-corrected chi connectivity index (χ1v) is 6.70. The molecule has 1 aliphatic rings. The third-order valence-corrected chi connectivity index (χ3v) is 3.76. The third kappa shape index (κ3) is 2.27. The Kier molecular flexibility index (Phi) is 3.08. The monoisotopic (exact) mass is 259 g/mol. The van der Waals surface area contributed by atoms with Gasteiger partial charge in [-0.05, 0) is 23.3 Å². The Morgan fingerprint density at radius 3 is 3.11 bits per heavy atom. The van der Waals surface area contributed by atoms with Crippen molar-refractivity contribution in [3.05, 3.63) is 51.5 Å². The molecule has 0 bridgehead atoms. The standard InChI is InChI=1S/C13H13N3OS/c17-13(16-8-12-15-3-4-18-12)9-1-2-10-6-14-7-11(10)5-9/h1-5,14H,6-8H2,(H,16,17). The summed E-state index contributed by atoms with van der Waals surface area (Å²) in [6.07, 6.45) is 1.74. The van der Waals surface area contributed by atoms with E-state index >= 15 is 0 Å². The zero-order valence-electron chi connectivity index (χ0n) is 9.77. The molecule has 5 heteroatoms. The van der Waals surface area contributed by atoms with Crippen molar-refractivity contribution in [2.24, 2.45) is 0 Å². The summed E-state index contributed by atoms with van der Waals surface area (Å²) < 4.78 is 0. The van der Waals surface area contributed by atoms with Gasteiger partial charge in [-0.25, -0.2) is 4.98 Å². The van der Waals surface area contributed by atoms with E-state index in [-0.39, 0.29) is 5.91 Å². The number of thiazole rings is 1. The van der Waals surface area contributed by atoms with Crippen LogP contribution >= 0.6 is 11.3 Å². The van der Waals surface area contributed by atoms with Gasteiger partial charge in [-0.15, -0.1) is 11.3 Å². The summed E-state index contributed by atoms with van der Waals surface area (Å²) in [5.41, 5.74) is 3.22. The van der Waals surface area contributed by atoms with Gasteiger partial charge in [0, 0.05) is 30.2 Å². The van der Waals surface area contributed by atoms with Crippen LogP contribution in [0.3, 0.4) is 0 Å². The zero-order valence-corrected chi connectivity index (χ0v) is 10.6. The fourth-order valence-corrected chi connectivity index (χ4v) is 2.59. The van der Waals surface area contributed by atoms with Crippen molar-refractivity contribution in [1.29, 1.82) is 0 Å². The van der Waals surface area contributed by atoms with Gasteiger partial charge in [-0.3, -0.25) is 4.79 Å². The highest BCUT2D eigenvalue weighted by molar-refractivity contribution is 7.09. The third-order valence-electron chi connectivity index (χ3n) is 2.98. The molecule has 3 rings (SSSR count). The Bertz CT molecular complexity index is 566. The minimum Gasteiger partial charge on any atom is -0.346 e. The van der Waals surface area contributed by atoms with Crippen LogP contribution in [0.25, 0.3) is 0 Å². The van der Waals surface area contributed by atoms with Crippen LogP contribution in [0.4, 0.5) is 0 Å². The van der Waals surface area contributed by atoms with Crippen molar-refractivity contribution >= 4 is 17.2 Å². The molecule has 0 spiro atoms. The minimum atomic E-state index is -0.0418. The molecule has 1 aromatic carbocycles. The number of carbonyl (C=O) groups excluding carboxylic acids is 1. The topological polar surface area (TPSA) is 54.0 Å². The Morgan fingerprint density at radius 1 is 1.39 bits per heavy atom. The second kappa shape index (κ2) is 4.88. The molecule has 0 aliphatic carbocycles. The fraction of sp³-hybridized carbons (Fsp3) is 0.231. The number of nitrogens with one attached hydrogen (secondary N) is 2. The van der Waals surface area contributed by atoms with Crippen LogP contribution in [0.1, 0.15) is 26.5 Å². The molecule has 0 saturated carbocycles. The van der Waals surface area contributed by atoms with Crippen molar-refractivity contribution in [2.75, 3.05) is 0 Å². The Morgan fingerprint density at radius 2 is 2.28 bits per heavy atom. The molecule has 1 aliphatic heterocycles. The summed E-state index contributed by atoms with van der Waals surface area (Å²) in [6.45, 7) is 2.24. The molecule has 0 unspecified atom stereocenters. The number of amides is 1. The summed E-state index contributed by atoms with van der Waals surface area (Å²) in [7, 11) is 0. The summed E-state index contributed by atoms with van der Waals surface area (Å²) in [4.78, 5) is 16.1. The number of aromatic nitrogens is 1. The molecular formula is C13H13N3OS. The van der Waals surface area contributed by atoms with Crippen molar-refractivity contribution in [3.63, 3.8) is 0 Å². The smallest absolute Gasteiger partial charge is 0.251 e. The lowest BCUT2D eigenvalue weighted by Gasteiger charge is -2.05. The summed E-state index contributed by atoms with van der Waals surface area (Å²) in [5, 5.41) is 8.98. The van der Waals surface area contributed by atoms with Crippen molar-refractivity contribution < 1.29 is 4.79 Å². The molecule has 2 aromatic rings. The maximum atomic E-state index is 12.0. The molecule has 2 N–H and O–H groups in total. The van der Waals surface area contributed by atoms with E-state index in [0.717, 1.165) is 18.1 Å². The van der Waals surface area contributed by atoms with Crippen molar-refractivity contribution in [3.8, 4) is 0 Å². The largest absolute Gasteiger partial charge is 0.346 e. The fourth-order valence-electron chi connectivity index (χ4n) is 2.03. The quantitative estimate of drug-likeness (QED) is 0.881. The molecule has 0 saturated heterocycles. The van der Waals surface area contributed by atoms with Crippen molar-refractivity contribution in [2.45, 2.75) is 19.6 Å². The van der Waals surface area contributed by atoms with E-state index in [4.69, 9.17) is 0 Å². The van der Waals surface area contributed by atoms with Gasteiger partial charge in [-0.1, -0.05) is 6.07 Å². The Hall–Kier alpha value is -1.72. The average Bonchev–Trinajstić information content (AvgIpc) is 3.05.